The van der Waals surface area contributed by atoms with Crippen molar-refractivity contribution >= 4 is 35.4 Å². The van der Waals surface area contributed by atoms with Gasteiger partial charge in [-0.1, -0.05) is 18.2 Å². The van der Waals surface area contributed by atoms with Gasteiger partial charge in [0, 0.05) is 32.2 Å². The summed E-state index contributed by atoms with van der Waals surface area (Å²) >= 11 is 0. The predicted molar refractivity (Wildman–Crippen MR) is 144 cm³/mol. The van der Waals surface area contributed by atoms with Crippen LogP contribution in [0.2, 0.25) is 0 Å². The highest BCUT2D eigenvalue weighted by molar-refractivity contribution is 5.85. The normalized spacial score (nSPS) is 19.6. The molecule has 0 spiro atoms. The molecule has 1 atom stereocenters. The zero-order valence-electron chi connectivity index (χ0n) is 21.8. The summed E-state index contributed by atoms with van der Waals surface area (Å²) in [5.41, 5.74) is 0.971. The molecule has 9 nitrogen and oxygen atoms in total. The number of hydrogen-bond acceptors (Lipinski definition) is 5. The Bertz CT molecular complexity index is 1420. The smallest absolute Gasteiger partial charge is 0.411 e. The van der Waals surface area contributed by atoms with Gasteiger partial charge in [0.1, 0.15) is 18.2 Å². The highest BCUT2D eigenvalue weighted by Crippen LogP contribution is 2.41. The molecule has 2 amide bonds. The van der Waals surface area contributed by atoms with E-state index >= 15 is 0 Å². The van der Waals surface area contributed by atoms with Gasteiger partial charge in [-0.3, -0.25) is 14.3 Å². The van der Waals surface area contributed by atoms with Crippen molar-refractivity contribution in [3.63, 3.8) is 0 Å². The molecule has 2 saturated heterocycles. The van der Waals surface area contributed by atoms with Gasteiger partial charge in [-0.2, -0.15) is 0 Å². The van der Waals surface area contributed by atoms with Crippen molar-refractivity contribution in [1.29, 1.82) is 0 Å². The predicted octanol–water partition coefficient (Wildman–Crippen LogP) is 3.75. The Morgan fingerprint density at radius 2 is 1.82 bits per heavy atom. The molecule has 0 radical (unpaired) electrons. The number of cyclic esters (lactones) is 1. The maximum atomic E-state index is 13.9. The van der Waals surface area contributed by atoms with E-state index in [1.54, 1.807) is 13.8 Å². The van der Waals surface area contributed by atoms with Crippen LogP contribution < -0.4 is 11.0 Å². The van der Waals surface area contributed by atoms with E-state index in [0.29, 0.717) is 18.7 Å². The molecule has 2 aliphatic heterocycles. The maximum absolute atomic E-state index is 13.9. The van der Waals surface area contributed by atoms with E-state index in [9.17, 15) is 23.2 Å². The van der Waals surface area contributed by atoms with Crippen molar-refractivity contribution in [3.8, 4) is 0 Å². The molecule has 1 unspecified atom stereocenters. The number of carbonyl (C=O) groups is 2. The first kappa shape index (κ1) is 28.6. The van der Waals surface area contributed by atoms with Gasteiger partial charge in [-0.25, -0.2) is 18.4 Å². The monoisotopic (exact) mass is 563 g/mol. The summed E-state index contributed by atoms with van der Waals surface area (Å²) in [6.45, 7) is 5.67. The Morgan fingerprint density at radius 1 is 1.10 bits per heavy atom. The maximum Gasteiger partial charge on any atom is 0.411 e. The van der Waals surface area contributed by atoms with Crippen LogP contribution in [0.25, 0.3) is 11.0 Å². The second-order valence-electron chi connectivity index (χ2n) is 10.4. The molecule has 1 aromatic heterocycles. The summed E-state index contributed by atoms with van der Waals surface area (Å²) in [5.74, 6) is -2.38. The van der Waals surface area contributed by atoms with Crippen molar-refractivity contribution < 1.29 is 23.1 Å². The van der Waals surface area contributed by atoms with Crippen molar-refractivity contribution in [2.75, 3.05) is 32.7 Å². The zero-order chi connectivity index (χ0) is 27.0. The first-order chi connectivity index (χ1) is 18.1. The van der Waals surface area contributed by atoms with E-state index in [-0.39, 0.29) is 36.6 Å². The lowest BCUT2D eigenvalue weighted by molar-refractivity contribution is -0.122. The number of imidazole rings is 1. The number of para-hydroxylation sites is 2. The van der Waals surface area contributed by atoms with E-state index in [0.717, 1.165) is 49.1 Å². The average molecular weight is 564 g/mol. The van der Waals surface area contributed by atoms with Crippen molar-refractivity contribution in [2.24, 2.45) is 0 Å². The molecular formula is C27H32ClF2N5O4. The largest absolute Gasteiger partial charge is 0.441 e. The lowest BCUT2D eigenvalue weighted by atomic mass is 9.91. The highest BCUT2D eigenvalue weighted by atomic mass is 35.5. The van der Waals surface area contributed by atoms with E-state index in [4.69, 9.17) is 4.74 Å². The highest BCUT2D eigenvalue weighted by Gasteiger charge is 2.49. The fraction of sp³-hybridized carbons (Fsp3) is 0.444. The first-order valence-corrected chi connectivity index (χ1v) is 12.8. The van der Waals surface area contributed by atoms with Gasteiger partial charge in [0.25, 0.3) is 0 Å². The summed E-state index contributed by atoms with van der Waals surface area (Å²) in [4.78, 5) is 44.1. The van der Waals surface area contributed by atoms with E-state index in [1.807, 2.05) is 28.8 Å². The van der Waals surface area contributed by atoms with Gasteiger partial charge in [0.15, 0.2) is 11.6 Å². The number of aromatic nitrogens is 2. The molecule has 0 aliphatic carbocycles. The van der Waals surface area contributed by atoms with Crippen LogP contribution in [0, 0.1) is 11.6 Å². The second-order valence-corrected chi connectivity index (χ2v) is 10.4. The molecule has 3 aromatic rings. The van der Waals surface area contributed by atoms with Gasteiger partial charge in [-0.05, 0) is 56.5 Å². The van der Waals surface area contributed by atoms with E-state index in [2.05, 4.69) is 15.2 Å². The quantitative estimate of drug-likeness (QED) is 0.456. The fourth-order valence-corrected chi connectivity index (χ4v) is 5.64. The van der Waals surface area contributed by atoms with Gasteiger partial charge in [-0.15, -0.1) is 12.4 Å². The third kappa shape index (κ3) is 5.79. The number of hydrogen-bond donors (Lipinski definition) is 2. The number of aromatic amines is 1. The molecule has 2 aliphatic rings. The fourth-order valence-electron chi connectivity index (χ4n) is 5.64. The van der Waals surface area contributed by atoms with Gasteiger partial charge in [0.2, 0.25) is 5.91 Å². The number of nitrogens with zero attached hydrogens (tertiary/aromatic N) is 3. The summed E-state index contributed by atoms with van der Waals surface area (Å²) in [6, 6.07) is 10.5. The van der Waals surface area contributed by atoms with Crippen LogP contribution in [0.1, 0.15) is 44.3 Å². The molecule has 0 bridgehead atoms. The zero-order valence-corrected chi connectivity index (χ0v) is 22.6. The van der Waals surface area contributed by atoms with Crippen LogP contribution in [0.15, 0.2) is 47.3 Å². The van der Waals surface area contributed by atoms with Gasteiger partial charge < -0.3 is 19.9 Å². The number of halogens is 3. The molecule has 210 valence electrons. The minimum atomic E-state index is -1.03. The molecule has 5 rings (SSSR count). The summed E-state index contributed by atoms with van der Waals surface area (Å²) in [6.07, 6.45) is 0.954. The number of benzene rings is 2. The van der Waals surface area contributed by atoms with Gasteiger partial charge >= 0.3 is 11.8 Å². The SMILES string of the molecule is CC1(C)OC(=O)N(CC(=O)NCCN2CCC(n3c(=O)[nH]c4ccccc43)CC2)C1c1ccc(F)c(F)c1.Cl. The third-order valence-electron chi connectivity index (χ3n) is 7.42. The Balaban J connectivity index is 0.00000353. The van der Waals surface area contributed by atoms with Crippen molar-refractivity contribution in [3.05, 3.63) is 70.1 Å². The van der Waals surface area contributed by atoms with E-state index < -0.39 is 29.4 Å². The molecule has 2 fully saturated rings. The van der Waals surface area contributed by atoms with Crippen LogP contribution in [0.5, 0.6) is 0 Å². The van der Waals surface area contributed by atoms with Crippen LogP contribution >= 0.6 is 12.4 Å². The van der Waals surface area contributed by atoms with Crippen molar-refractivity contribution in [2.45, 2.75) is 44.4 Å². The minimum absolute atomic E-state index is 0. The molecule has 2 aromatic carbocycles. The molecule has 12 heteroatoms. The molecule has 2 N–H and O–H groups in total. The van der Waals surface area contributed by atoms with E-state index in [1.165, 1.54) is 11.0 Å². The number of nitrogens with one attached hydrogen (secondary N) is 2. The average Bonchev–Trinajstić information content (AvgIpc) is 3.32. The van der Waals surface area contributed by atoms with Crippen LogP contribution in [0.3, 0.4) is 0 Å². The Kier molecular flexibility index (Phi) is 8.31. The first-order valence-electron chi connectivity index (χ1n) is 12.8. The summed E-state index contributed by atoms with van der Waals surface area (Å²) < 4.78 is 34.6. The molecular weight excluding hydrogens is 532 g/mol. The second kappa shape index (κ2) is 11.4. The number of amides is 2. The number of ether oxygens (including phenoxy) is 1. The van der Waals surface area contributed by atoms with Gasteiger partial charge in [0.05, 0.1) is 11.0 Å². The van der Waals surface area contributed by atoms with Crippen LogP contribution in [-0.2, 0) is 9.53 Å². The molecule has 3 heterocycles. The number of H-pyrrole nitrogens is 1. The molecule has 0 saturated carbocycles. The number of piperidine rings is 1. The third-order valence-corrected chi connectivity index (χ3v) is 7.42. The standard InChI is InChI=1S/C27H31F2N5O4.ClH/c1-27(2)24(17-7-8-19(28)20(29)15-17)33(26(37)38-27)16-23(35)30-11-14-32-12-9-18(10-13-32)34-22-6-4-3-5-21(22)31-25(34)36;/h3-8,15,18,24H,9-14,16H2,1-2H3,(H,30,35)(H,31,36);1H. The number of carbonyl (C=O) groups excluding carboxylic acids is 2. The lowest BCUT2D eigenvalue weighted by Gasteiger charge is -2.32. The lowest BCUT2D eigenvalue weighted by Crippen LogP contribution is -2.44. The Hall–Kier alpha value is -3.44. The Morgan fingerprint density at radius 3 is 2.54 bits per heavy atom. The number of rotatable bonds is 7. The topological polar surface area (TPSA) is 99.7 Å². The van der Waals surface area contributed by atoms with Crippen LogP contribution in [-0.4, -0.2) is 69.7 Å². The number of fused-ring (bicyclic) bond motifs is 1. The summed E-state index contributed by atoms with van der Waals surface area (Å²) in [5, 5.41) is 2.85. The molecule has 39 heavy (non-hydrogen) atoms. The van der Waals surface area contributed by atoms with Crippen LogP contribution in [0.4, 0.5) is 13.6 Å². The minimum Gasteiger partial charge on any atom is -0.441 e. The number of likely N-dealkylation sites (tertiary alicyclic amines) is 1. The summed E-state index contributed by atoms with van der Waals surface area (Å²) in [7, 11) is 0. The van der Waals surface area contributed by atoms with Crippen molar-refractivity contribution in [1.82, 2.24) is 24.7 Å². The Labute approximate surface area is 230 Å².